The zero-order chi connectivity index (χ0) is 13.0. The van der Waals surface area contributed by atoms with Crippen LogP contribution in [0.3, 0.4) is 0 Å². The van der Waals surface area contributed by atoms with Gasteiger partial charge in [0.2, 0.25) is 0 Å². The van der Waals surface area contributed by atoms with Crippen LogP contribution in [0.25, 0.3) is 0 Å². The third-order valence-corrected chi connectivity index (χ3v) is 3.37. The molecule has 1 N–H and O–H groups in total. The van der Waals surface area contributed by atoms with Crippen molar-refractivity contribution < 1.29 is 13.9 Å². The fourth-order valence-electron chi connectivity index (χ4n) is 2.46. The lowest BCUT2D eigenvalue weighted by Crippen LogP contribution is -2.40. The van der Waals surface area contributed by atoms with Gasteiger partial charge in [0, 0.05) is 6.54 Å². The molecule has 1 saturated heterocycles. The molecule has 3 nitrogen and oxygen atoms in total. The van der Waals surface area contributed by atoms with Crippen molar-refractivity contribution in [1.82, 2.24) is 5.32 Å². The minimum absolute atomic E-state index is 0.117. The molecular formula is C14H18FNO2. The molecule has 1 fully saturated rings. The van der Waals surface area contributed by atoms with Crippen molar-refractivity contribution in [2.24, 2.45) is 5.92 Å². The van der Waals surface area contributed by atoms with E-state index in [9.17, 15) is 9.18 Å². The Morgan fingerprint density at radius 2 is 2.17 bits per heavy atom. The number of nitrogens with one attached hydrogen (secondary N) is 1. The number of hydrogen-bond donors (Lipinski definition) is 1. The first-order chi connectivity index (χ1) is 8.72. The lowest BCUT2D eigenvalue weighted by atomic mass is 9.81. The van der Waals surface area contributed by atoms with Gasteiger partial charge in [-0.25, -0.2) is 4.39 Å². The molecule has 1 aromatic carbocycles. The van der Waals surface area contributed by atoms with Gasteiger partial charge in [-0.2, -0.15) is 0 Å². The van der Waals surface area contributed by atoms with Crippen LogP contribution in [0.2, 0.25) is 0 Å². The fraction of sp³-hybridized carbons (Fsp3) is 0.500. The molecule has 2 rings (SSSR count). The van der Waals surface area contributed by atoms with Gasteiger partial charge >= 0.3 is 5.97 Å². The Balaban J connectivity index is 2.17. The summed E-state index contributed by atoms with van der Waals surface area (Å²) in [7, 11) is 0. The molecule has 18 heavy (non-hydrogen) atoms. The van der Waals surface area contributed by atoms with Crippen molar-refractivity contribution >= 4 is 5.97 Å². The number of ether oxygens (including phenoxy) is 1. The van der Waals surface area contributed by atoms with Crippen LogP contribution in [0, 0.1) is 11.7 Å². The molecule has 0 aromatic heterocycles. The third-order valence-electron chi connectivity index (χ3n) is 3.37. The third kappa shape index (κ3) is 2.88. The molecule has 0 bridgehead atoms. The van der Waals surface area contributed by atoms with Gasteiger partial charge in [-0.15, -0.1) is 0 Å². The van der Waals surface area contributed by atoms with E-state index < -0.39 is 0 Å². The number of rotatable bonds is 3. The molecule has 1 unspecified atom stereocenters. The Morgan fingerprint density at radius 1 is 1.44 bits per heavy atom. The average Bonchev–Trinajstić information content (AvgIpc) is 2.40. The topological polar surface area (TPSA) is 38.3 Å². The summed E-state index contributed by atoms with van der Waals surface area (Å²) in [5, 5.41) is 3.21. The molecule has 98 valence electrons. The van der Waals surface area contributed by atoms with E-state index in [0.29, 0.717) is 13.2 Å². The second-order valence-electron chi connectivity index (χ2n) is 4.51. The van der Waals surface area contributed by atoms with E-state index in [1.54, 1.807) is 19.1 Å². The largest absolute Gasteiger partial charge is 0.466 e. The van der Waals surface area contributed by atoms with E-state index in [-0.39, 0.29) is 23.6 Å². The second kappa shape index (κ2) is 5.96. The highest BCUT2D eigenvalue weighted by Crippen LogP contribution is 2.31. The van der Waals surface area contributed by atoms with E-state index >= 15 is 0 Å². The van der Waals surface area contributed by atoms with Crippen molar-refractivity contribution in [1.29, 1.82) is 0 Å². The maximum absolute atomic E-state index is 12.9. The molecule has 0 amide bonds. The highest BCUT2D eigenvalue weighted by molar-refractivity contribution is 5.74. The van der Waals surface area contributed by atoms with E-state index in [0.717, 1.165) is 18.5 Å². The molecule has 1 aliphatic heterocycles. The van der Waals surface area contributed by atoms with Crippen LogP contribution in [-0.2, 0) is 9.53 Å². The summed E-state index contributed by atoms with van der Waals surface area (Å²) in [6.45, 7) is 3.70. The van der Waals surface area contributed by atoms with Gasteiger partial charge in [0.15, 0.2) is 0 Å². The predicted molar refractivity (Wildman–Crippen MR) is 66.8 cm³/mol. The number of benzene rings is 1. The molecule has 4 heteroatoms. The monoisotopic (exact) mass is 251 g/mol. The van der Waals surface area contributed by atoms with Crippen molar-refractivity contribution in [2.45, 2.75) is 19.3 Å². The van der Waals surface area contributed by atoms with Crippen molar-refractivity contribution in [2.75, 3.05) is 19.7 Å². The van der Waals surface area contributed by atoms with Gasteiger partial charge in [-0.05, 0) is 43.5 Å². The van der Waals surface area contributed by atoms with Crippen LogP contribution in [0.1, 0.15) is 24.8 Å². The Labute approximate surface area is 106 Å². The predicted octanol–water partition coefficient (Wildman–Crippen LogP) is 2.08. The highest BCUT2D eigenvalue weighted by Gasteiger charge is 2.32. The highest BCUT2D eigenvalue weighted by atomic mass is 19.1. The molecule has 2 atom stereocenters. The first-order valence-corrected chi connectivity index (χ1v) is 6.35. The SMILES string of the molecule is CCOC(=O)C1CNCC[C@H]1c1ccc(F)cc1. The Kier molecular flexibility index (Phi) is 4.31. The van der Waals surface area contributed by atoms with Gasteiger partial charge in [0.25, 0.3) is 0 Å². The Bertz CT molecular complexity index is 405. The summed E-state index contributed by atoms with van der Waals surface area (Å²) in [6, 6.07) is 6.41. The second-order valence-corrected chi connectivity index (χ2v) is 4.51. The normalized spacial score (nSPS) is 23.7. The maximum Gasteiger partial charge on any atom is 0.310 e. The lowest BCUT2D eigenvalue weighted by molar-refractivity contribution is -0.149. The maximum atomic E-state index is 12.9. The van der Waals surface area contributed by atoms with E-state index in [2.05, 4.69) is 5.32 Å². The molecule has 1 aromatic rings. The van der Waals surface area contributed by atoms with Crippen molar-refractivity contribution in [3.8, 4) is 0 Å². The van der Waals surface area contributed by atoms with Crippen LogP contribution in [0.4, 0.5) is 4.39 Å². The summed E-state index contributed by atoms with van der Waals surface area (Å²) in [5.41, 5.74) is 1.01. The number of halogens is 1. The summed E-state index contributed by atoms with van der Waals surface area (Å²) in [4.78, 5) is 11.9. The minimum Gasteiger partial charge on any atom is -0.466 e. The number of piperidine rings is 1. The van der Waals surface area contributed by atoms with E-state index in [1.807, 2.05) is 0 Å². The zero-order valence-electron chi connectivity index (χ0n) is 10.5. The van der Waals surface area contributed by atoms with Crippen molar-refractivity contribution in [3.05, 3.63) is 35.6 Å². The van der Waals surface area contributed by atoms with Crippen LogP contribution < -0.4 is 5.32 Å². The number of esters is 1. The number of carbonyl (C=O) groups is 1. The van der Waals surface area contributed by atoms with Gasteiger partial charge in [-0.1, -0.05) is 12.1 Å². The van der Waals surface area contributed by atoms with Gasteiger partial charge < -0.3 is 10.1 Å². The quantitative estimate of drug-likeness (QED) is 0.836. The Morgan fingerprint density at radius 3 is 2.83 bits per heavy atom. The molecule has 0 radical (unpaired) electrons. The number of carbonyl (C=O) groups excluding carboxylic acids is 1. The fourth-order valence-corrected chi connectivity index (χ4v) is 2.46. The van der Waals surface area contributed by atoms with Crippen LogP contribution >= 0.6 is 0 Å². The molecule has 0 saturated carbocycles. The van der Waals surface area contributed by atoms with Gasteiger partial charge in [-0.3, -0.25) is 4.79 Å². The summed E-state index contributed by atoms with van der Waals surface area (Å²) < 4.78 is 18.0. The van der Waals surface area contributed by atoms with Gasteiger partial charge in [0.05, 0.1) is 12.5 Å². The molecule has 0 aliphatic carbocycles. The Hall–Kier alpha value is -1.42. The van der Waals surface area contributed by atoms with Gasteiger partial charge in [0.1, 0.15) is 5.82 Å². The van der Waals surface area contributed by atoms with Crippen LogP contribution in [0.5, 0.6) is 0 Å². The lowest BCUT2D eigenvalue weighted by Gasteiger charge is -2.30. The van der Waals surface area contributed by atoms with Crippen molar-refractivity contribution in [3.63, 3.8) is 0 Å². The standard InChI is InChI=1S/C14H18FNO2/c1-2-18-14(17)13-9-16-8-7-12(13)10-3-5-11(15)6-4-10/h3-6,12-13,16H,2,7-9H2,1H3/t12-,13?/m0/s1. The smallest absolute Gasteiger partial charge is 0.310 e. The molecular weight excluding hydrogens is 233 g/mol. The summed E-state index contributed by atoms with van der Waals surface area (Å²) in [6.07, 6.45) is 0.870. The molecule has 0 spiro atoms. The van der Waals surface area contributed by atoms with Crippen LogP contribution in [-0.4, -0.2) is 25.7 Å². The number of hydrogen-bond acceptors (Lipinski definition) is 3. The average molecular weight is 251 g/mol. The molecule has 1 heterocycles. The van der Waals surface area contributed by atoms with E-state index in [4.69, 9.17) is 4.74 Å². The van der Waals surface area contributed by atoms with Crippen LogP contribution in [0.15, 0.2) is 24.3 Å². The van der Waals surface area contributed by atoms with E-state index in [1.165, 1.54) is 12.1 Å². The molecule has 1 aliphatic rings. The first-order valence-electron chi connectivity index (χ1n) is 6.35. The zero-order valence-corrected chi connectivity index (χ0v) is 10.5. The summed E-state index contributed by atoms with van der Waals surface area (Å²) in [5.74, 6) is -0.477. The first kappa shape index (κ1) is 13.0. The minimum atomic E-state index is -0.250. The summed E-state index contributed by atoms with van der Waals surface area (Å²) >= 11 is 0.